The zero-order valence-corrected chi connectivity index (χ0v) is 23.1. The number of tetrazole rings is 1. The number of nitrogens with zero attached hydrogens (tertiary/aromatic N) is 5. The van der Waals surface area contributed by atoms with Gasteiger partial charge in [-0.3, -0.25) is 9.48 Å². The lowest BCUT2D eigenvalue weighted by atomic mass is 9.77. The van der Waals surface area contributed by atoms with Crippen LogP contribution < -0.4 is 10.1 Å². The summed E-state index contributed by atoms with van der Waals surface area (Å²) in [5.74, 6) is -0.987. The Morgan fingerprint density at radius 1 is 0.932 bits per heavy atom. The van der Waals surface area contributed by atoms with Crippen molar-refractivity contribution in [2.75, 3.05) is 6.61 Å². The monoisotopic (exact) mass is 619 g/mol. The van der Waals surface area contributed by atoms with Crippen LogP contribution in [0.3, 0.4) is 0 Å². The maximum atomic E-state index is 15.0. The Balaban J connectivity index is 1.41. The summed E-state index contributed by atoms with van der Waals surface area (Å²) in [6.45, 7) is 0.455. The molecule has 2 N–H and O–H groups in total. The van der Waals surface area contributed by atoms with Crippen molar-refractivity contribution in [2.24, 2.45) is 0 Å². The van der Waals surface area contributed by atoms with Gasteiger partial charge in [-0.15, -0.1) is 10.2 Å². The molecule has 0 radical (unpaired) electrons. The van der Waals surface area contributed by atoms with Crippen LogP contribution in [0.4, 0.5) is 26.3 Å². The molecule has 9 nitrogen and oxygen atoms in total. The fraction of sp³-hybridized carbons (Fsp3) is 0.345. The first-order valence-corrected chi connectivity index (χ1v) is 13.7. The van der Waals surface area contributed by atoms with Gasteiger partial charge in [-0.1, -0.05) is 42.5 Å². The molecule has 1 atom stereocenters. The smallest absolute Gasteiger partial charge is 0.416 e. The Morgan fingerprint density at radius 3 is 2.34 bits per heavy atom. The standard InChI is InChI=1S/C29H27F6N7O2/c30-28(31,32)14-5-2-6-16-44-21-11-9-20(10-12-21)27(29(33,34)35)17-22(24(26(43)36-27)25-37-40-41-38-25)23-13-15-42(39-23)18-19-7-3-1-4-8-19/h1,3-4,7-13,15H,2,5-6,14,16-18H2,(H,36,43)(H,37,38,40,41)/t27-/m0/s1. The van der Waals surface area contributed by atoms with Gasteiger partial charge in [-0.05, 0) is 59.4 Å². The highest BCUT2D eigenvalue weighted by atomic mass is 19.4. The van der Waals surface area contributed by atoms with Gasteiger partial charge < -0.3 is 10.1 Å². The molecule has 232 valence electrons. The van der Waals surface area contributed by atoms with E-state index in [1.54, 1.807) is 10.9 Å². The summed E-state index contributed by atoms with van der Waals surface area (Å²) in [6.07, 6.45) is -8.54. The van der Waals surface area contributed by atoms with Crippen LogP contribution in [0.2, 0.25) is 0 Å². The number of aromatic nitrogens is 6. The Labute approximate surface area is 247 Å². The average Bonchev–Trinajstić information content (AvgIpc) is 3.67. The van der Waals surface area contributed by atoms with E-state index in [0.717, 1.165) is 5.56 Å². The number of halogens is 6. The van der Waals surface area contributed by atoms with Crippen molar-refractivity contribution >= 4 is 17.1 Å². The lowest BCUT2D eigenvalue weighted by molar-refractivity contribution is -0.201. The third kappa shape index (κ3) is 6.92. The predicted molar refractivity (Wildman–Crippen MR) is 146 cm³/mol. The zero-order chi connectivity index (χ0) is 31.4. The molecule has 0 bridgehead atoms. The first-order valence-electron chi connectivity index (χ1n) is 13.7. The molecule has 1 aliphatic heterocycles. The van der Waals surface area contributed by atoms with E-state index in [0.29, 0.717) is 19.4 Å². The van der Waals surface area contributed by atoms with Gasteiger partial charge in [0.05, 0.1) is 24.4 Å². The van der Waals surface area contributed by atoms with Gasteiger partial charge >= 0.3 is 12.4 Å². The summed E-state index contributed by atoms with van der Waals surface area (Å²) in [4.78, 5) is 13.4. The Morgan fingerprint density at radius 2 is 1.68 bits per heavy atom. The highest BCUT2D eigenvalue weighted by Gasteiger charge is 2.60. The number of benzene rings is 2. The lowest BCUT2D eigenvalue weighted by Crippen LogP contribution is -2.58. The van der Waals surface area contributed by atoms with E-state index in [-0.39, 0.29) is 47.0 Å². The fourth-order valence-corrected chi connectivity index (χ4v) is 5.03. The molecule has 15 heteroatoms. The summed E-state index contributed by atoms with van der Waals surface area (Å²) in [5.41, 5.74) is -2.21. The van der Waals surface area contributed by atoms with E-state index in [9.17, 15) is 31.1 Å². The normalized spacial score (nSPS) is 17.5. The molecular formula is C29H27F6N7O2. The molecule has 0 aliphatic carbocycles. The fourth-order valence-electron chi connectivity index (χ4n) is 5.03. The third-order valence-corrected chi connectivity index (χ3v) is 7.21. The molecule has 1 aliphatic rings. The lowest BCUT2D eigenvalue weighted by Gasteiger charge is -2.40. The van der Waals surface area contributed by atoms with Crippen LogP contribution in [0.1, 0.15) is 54.7 Å². The molecule has 44 heavy (non-hydrogen) atoms. The SMILES string of the molecule is O=C1N[C@@](c2ccc(OCCCCCC(F)(F)F)cc2)(C(F)(F)F)CC(c2ccn(Cc3ccccc3)n2)=C1c1nn[nH]n1. The highest BCUT2D eigenvalue weighted by molar-refractivity contribution is 6.27. The first-order chi connectivity index (χ1) is 21.0. The molecule has 1 amide bonds. The van der Waals surface area contributed by atoms with Crippen molar-refractivity contribution in [3.8, 4) is 5.75 Å². The molecule has 0 saturated heterocycles. The van der Waals surface area contributed by atoms with Gasteiger partial charge in [0.1, 0.15) is 5.75 Å². The molecule has 5 rings (SSSR count). The van der Waals surface area contributed by atoms with Crippen molar-refractivity contribution < 1.29 is 35.9 Å². The molecule has 0 saturated carbocycles. The quantitative estimate of drug-likeness (QED) is 0.161. The van der Waals surface area contributed by atoms with Crippen LogP contribution in [0.15, 0.2) is 66.9 Å². The number of carbonyl (C=O) groups is 1. The number of alkyl halides is 6. The predicted octanol–water partition coefficient (Wildman–Crippen LogP) is 5.83. The highest BCUT2D eigenvalue weighted by Crippen LogP contribution is 2.49. The van der Waals surface area contributed by atoms with E-state index >= 15 is 0 Å². The third-order valence-electron chi connectivity index (χ3n) is 7.21. The van der Waals surface area contributed by atoms with Gasteiger partial charge in [0.2, 0.25) is 5.82 Å². The maximum Gasteiger partial charge on any atom is 0.416 e. The minimum atomic E-state index is -4.94. The van der Waals surface area contributed by atoms with Crippen molar-refractivity contribution in [1.29, 1.82) is 0 Å². The summed E-state index contributed by atoms with van der Waals surface area (Å²) in [7, 11) is 0. The molecule has 2 aromatic heterocycles. The summed E-state index contributed by atoms with van der Waals surface area (Å²) in [6, 6.07) is 15.9. The van der Waals surface area contributed by atoms with E-state index < -0.39 is 36.6 Å². The second kappa shape index (κ2) is 12.5. The number of hydrogen-bond donors (Lipinski definition) is 2. The summed E-state index contributed by atoms with van der Waals surface area (Å²) in [5, 5.41) is 20.0. The van der Waals surface area contributed by atoms with Crippen molar-refractivity contribution in [3.05, 3.63) is 89.5 Å². The van der Waals surface area contributed by atoms with Gasteiger partial charge in [-0.2, -0.15) is 36.7 Å². The van der Waals surface area contributed by atoms with E-state index in [4.69, 9.17) is 4.74 Å². The Kier molecular flexibility index (Phi) is 8.74. The van der Waals surface area contributed by atoms with Gasteiger partial charge in [0.15, 0.2) is 5.54 Å². The molecule has 0 fully saturated rings. The number of unbranched alkanes of at least 4 members (excludes halogenated alkanes) is 2. The average molecular weight is 620 g/mol. The number of hydrogen-bond acceptors (Lipinski definition) is 6. The van der Waals surface area contributed by atoms with E-state index in [2.05, 4.69) is 31.0 Å². The second-order valence-electron chi connectivity index (χ2n) is 10.3. The topological polar surface area (TPSA) is 111 Å². The molecule has 4 aromatic rings. The minimum absolute atomic E-state index is 0.0153. The molecule has 0 spiro atoms. The van der Waals surface area contributed by atoms with Gasteiger partial charge in [-0.25, -0.2) is 0 Å². The Hall–Kier alpha value is -4.69. The van der Waals surface area contributed by atoms with Crippen molar-refractivity contribution in [1.82, 2.24) is 35.7 Å². The summed E-state index contributed by atoms with van der Waals surface area (Å²) < 4.78 is 89.0. The summed E-state index contributed by atoms with van der Waals surface area (Å²) >= 11 is 0. The number of nitrogens with one attached hydrogen (secondary N) is 2. The van der Waals surface area contributed by atoms with Gasteiger partial charge in [0.25, 0.3) is 5.91 Å². The second-order valence-corrected chi connectivity index (χ2v) is 10.3. The number of amides is 1. The van der Waals surface area contributed by atoms with Gasteiger partial charge in [0, 0.05) is 19.0 Å². The van der Waals surface area contributed by atoms with Crippen LogP contribution in [-0.2, 0) is 16.9 Å². The van der Waals surface area contributed by atoms with Crippen LogP contribution in [0.25, 0.3) is 11.1 Å². The number of ether oxygens (including phenoxy) is 1. The molecule has 2 aromatic carbocycles. The Bertz CT molecular complexity index is 1580. The molecular weight excluding hydrogens is 592 g/mol. The minimum Gasteiger partial charge on any atom is -0.494 e. The van der Waals surface area contributed by atoms with Crippen molar-refractivity contribution in [2.45, 2.75) is 56.5 Å². The number of rotatable bonds is 11. The molecule has 0 unspecified atom stereocenters. The van der Waals surface area contributed by atoms with Crippen molar-refractivity contribution in [3.63, 3.8) is 0 Å². The zero-order valence-electron chi connectivity index (χ0n) is 23.1. The van der Waals surface area contributed by atoms with Crippen LogP contribution >= 0.6 is 0 Å². The maximum absolute atomic E-state index is 15.0. The van der Waals surface area contributed by atoms with E-state index in [1.807, 2.05) is 30.3 Å². The number of aromatic amines is 1. The number of carbonyl (C=O) groups excluding carboxylic acids is 1. The van der Waals surface area contributed by atoms with Crippen LogP contribution in [0.5, 0.6) is 5.75 Å². The molecule has 3 heterocycles. The first kappa shape index (κ1) is 30.8. The van der Waals surface area contributed by atoms with Crippen LogP contribution in [-0.4, -0.2) is 55.3 Å². The van der Waals surface area contributed by atoms with Crippen LogP contribution in [0, 0.1) is 0 Å². The largest absolute Gasteiger partial charge is 0.494 e. The number of H-pyrrole nitrogens is 1. The van der Waals surface area contributed by atoms with E-state index in [1.165, 1.54) is 30.3 Å².